The van der Waals surface area contributed by atoms with Crippen LogP contribution in [0, 0.1) is 5.92 Å². The highest BCUT2D eigenvalue weighted by atomic mass is 32.1. The van der Waals surface area contributed by atoms with Gasteiger partial charge in [0.15, 0.2) is 0 Å². The minimum atomic E-state index is 0.324. The molecule has 1 atom stereocenters. The first kappa shape index (κ1) is 14.9. The van der Waals surface area contributed by atoms with Gasteiger partial charge in [0.05, 0.1) is 6.54 Å². The Labute approximate surface area is 140 Å². The SMILES string of the molecule is O=C1CCCN1C[C@@H]1CN(Cc2ccsc2)Cc2nccn2C1. The number of rotatable bonds is 4. The van der Waals surface area contributed by atoms with Crippen LogP contribution in [0.25, 0.3) is 0 Å². The molecule has 122 valence electrons. The summed E-state index contributed by atoms with van der Waals surface area (Å²) in [5.41, 5.74) is 1.37. The van der Waals surface area contributed by atoms with Gasteiger partial charge in [-0.2, -0.15) is 11.3 Å². The van der Waals surface area contributed by atoms with Gasteiger partial charge in [0.2, 0.25) is 5.91 Å². The minimum Gasteiger partial charge on any atom is -0.342 e. The highest BCUT2D eigenvalue weighted by molar-refractivity contribution is 7.07. The third-order valence-corrected chi connectivity index (χ3v) is 5.51. The molecule has 0 bridgehead atoms. The van der Waals surface area contributed by atoms with E-state index in [4.69, 9.17) is 0 Å². The minimum absolute atomic E-state index is 0.324. The zero-order valence-corrected chi connectivity index (χ0v) is 14.0. The molecule has 1 saturated heterocycles. The summed E-state index contributed by atoms with van der Waals surface area (Å²) in [6.45, 7) is 5.61. The Morgan fingerprint density at radius 1 is 1.35 bits per heavy atom. The average molecular weight is 330 g/mol. The van der Waals surface area contributed by atoms with Crippen LogP contribution >= 0.6 is 11.3 Å². The molecule has 23 heavy (non-hydrogen) atoms. The maximum atomic E-state index is 12.0. The number of imidazole rings is 1. The molecule has 2 aromatic rings. The van der Waals surface area contributed by atoms with Crippen molar-refractivity contribution < 1.29 is 4.79 Å². The van der Waals surface area contributed by atoms with Crippen LogP contribution < -0.4 is 0 Å². The van der Waals surface area contributed by atoms with E-state index in [1.807, 2.05) is 6.20 Å². The first-order valence-electron chi connectivity index (χ1n) is 8.29. The number of amides is 1. The lowest BCUT2D eigenvalue weighted by molar-refractivity contribution is -0.128. The molecule has 5 nitrogen and oxygen atoms in total. The summed E-state index contributed by atoms with van der Waals surface area (Å²) in [6.07, 6.45) is 5.70. The summed E-state index contributed by atoms with van der Waals surface area (Å²) in [7, 11) is 0. The van der Waals surface area contributed by atoms with Gasteiger partial charge >= 0.3 is 0 Å². The van der Waals surface area contributed by atoms with Crippen LogP contribution in [0.1, 0.15) is 24.2 Å². The fourth-order valence-corrected chi connectivity index (χ4v) is 4.37. The Balaban J connectivity index is 1.50. The summed E-state index contributed by atoms with van der Waals surface area (Å²) in [5.74, 6) is 1.92. The molecule has 0 unspecified atom stereocenters. The Morgan fingerprint density at radius 2 is 2.30 bits per heavy atom. The summed E-state index contributed by atoms with van der Waals surface area (Å²) in [6, 6.07) is 2.20. The second kappa shape index (κ2) is 6.45. The lowest BCUT2D eigenvalue weighted by Gasteiger charge is -2.27. The maximum Gasteiger partial charge on any atom is 0.222 e. The van der Waals surface area contributed by atoms with Gasteiger partial charge in [-0.05, 0) is 28.8 Å². The van der Waals surface area contributed by atoms with E-state index in [0.717, 1.165) is 57.9 Å². The summed E-state index contributed by atoms with van der Waals surface area (Å²) in [5, 5.41) is 4.35. The second-order valence-corrected chi connectivity index (χ2v) is 7.39. The van der Waals surface area contributed by atoms with Gasteiger partial charge in [0.25, 0.3) is 0 Å². The molecule has 2 aliphatic heterocycles. The summed E-state index contributed by atoms with van der Waals surface area (Å²) >= 11 is 1.75. The molecule has 1 amide bonds. The zero-order valence-electron chi connectivity index (χ0n) is 13.2. The summed E-state index contributed by atoms with van der Waals surface area (Å²) in [4.78, 5) is 21.0. The lowest BCUT2D eigenvalue weighted by Crippen LogP contribution is -2.37. The van der Waals surface area contributed by atoms with E-state index >= 15 is 0 Å². The topological polar surface area (TPSA) is 41.4 Å². The first-order valence-corrected chi connectivity index (χ1v) is 9.23. The molecule has 6 heteroatoms. The van der Waals surface area contributed by atoms with Crippen LogP contribution in [0.5, 0.6) is 0 Å². The Kier molecular flexibility index (Phi) is 4.18. The quantitative estimate of drug-likeness (QED) is 0.863. The number of carbonyl (C=O) groups excluding carboxylic acids is 1. The predicted molar refractivity (Wildman–Crippen MR) is 90.0 cm³/mol. The molecule has 0 spiro atoms. The van der Waals surface area contributed by atoms with E-state index in [1.54, 1.807) is 11.3 Å². The van der Waals surface area contributed by atoms with Gasteiger partial charge in [-0.1, -0.05) is 0 Å². The molecule has 0 aromatic carbocycles. The number of fused-ring (bicyclic) bond motifs is 1. The van der Waals surface area contributed by atoms with E-state index < -0.39 is 0 Å². The Bertz CT molecular complexity index is 666. The van der Waals surface area contributed by atoms with Crippen LogP contribution in [0.4, 0.5) is 0 Å². The van der Waals surface area contributed by atoms with Gasteiger partial charge < -0.3 is 9.47 Å². The van der Waals surface area contributed by atoms with E-state index in [0.29, 0.717) is 11.8 Å². The largest absolute Gasteiger partial charge is 0.342 e. The van der Waals surface area contributed by atoms with Crippen LogP contribution in [-0.2, 0) is 24.4 Å². The van der Waals surface area contributed by atoms with Gasteiger partial charge in [0.1, 0.15) is 5.82 Å². The molecule has 2 aromatic heterocycles. The van der Waals surface area contributed by atoms with Crippen LogP contribution in [0.15, 0.2) is 29.2 Å². The fraction of sp³-hybridized carbons (Fsp3) is 0.529. The van der Waals surface area contributed by atoms with Gasteiger partial charge in [-0.15, -0.1) is 0 Å². The molecule has 0 radical (unpaired) electrons. The number of nitrogens with zero attached hydrogens (tertiary/aromatic N) is 4. The molecular formula is C17H22N4OS. The van der Waals surface area contributed by atoms with Crippen molar-refractivity contribution in [3.63, 3.8) is 0 Å². The smallest absolute Gasteiger partial charge is 0.222 e. The molecule has 0 saturated carbocycles. The van der Waals surface area contributed by atoms with Crippen molar-refractivity contribution in [3.05, 3.63) is 40.6 Å². The first-order chi connectivity index (χ1) is 11.3. The highest BCUT2D eigenvalue weighted by Crippen LogP contribution is 2.21. The Hall–Kier alpha value is -1.66. The van der Waals surface area contributed by atoms with Crippen molar-refractivity contribution in [3.8, 4) is 0 Å². The monoisotopic (exact) mass is 330 g/mol. The van der Waals surface area contributed by atoms with Crippen molar-refractivity contribution in [1.82, 2.24) is 19.4 Å². The van der Waals surface area contributed by atoms with Gasteiger partial charge in [-0.3, -0.25) is 9.69 Å². The number of hydrogen-bond acceptors (Lipinski definition) is 4. The van der Waals surface area contributed by atoms with Gasteiger partial charge in [-0.25, -0.2) is 4.98 Å². The molecule has 2 aliphatic rings. The predicted octanol–water partition coefficient (Wildman–Crippen LogP) is 2.20. The van der Waals surface area contributed by atoms with Crippen molar-refractivity contribution in [1.29, 1.82) is 0 Å². The van der Waals surface area contributed by atoms with E-state index in [2.05, 4.69) is 42.4 Å². The molecular weight excluding hydrogens is 308 g/mol. The highest BCUT2D eigenvalue weighted by Gasteiger charge is 2.27. The third-order valence-electron chi connectivity index (χ3n) is 4.77. The van der Waals surface area contributed by atoms with Crippen LogP contribution in [0.2, 0.25) is 0 Å². The Morgan fingerprint density at radius 3 is 3.09 bits per heavy atom. The molecule has 4 rings (SSSR count). The fourth-order valence-electron chi connectivity index (χ4n) is 3.71. The number of hydrogen-bond donors (Lipinski definition) is 0. The van der Waals surface area contributed by atoms with Gasteiger partial charge in [0, 0.05) is 57.5 Å². The second-order valence-electron chi connectivity index (χ2n) is 6.61. The third kappa shape index (κ3) is 3.33. The van der Waals surface area contributed by atoms with Crippen molar-refractivity contribution in [2.45, 2.75) is 32.5 Å². The van der Waals surface area contributed by atoms with E-state index in [-0.39, 0.29) is 0 Å². The average Bonchev–Trinajstić information content (AvgIpc) is 3.24. The van der Waals surface area contributed by atoms with Crippen LogP contribution in [0.3, 0.4) is 0 Å². The number of thiophene rings is 1. The van der Waals surface area contributed by atoms with E-state index in [1.165, 1.54) is 5.56 Å². The molecule has 1 fully saturated rings. The molecule has 0 N–H and O–H groups in total. The van der Waals surface area contributed by atoms with E-state index in [9.17, 15) is 4.79 Å². The number of aromatic nitrogens is 2. The van der Waals surface area contributed by atoms with Crippen molar-refractivity contribution in [2.75, 3.05) is 19.6 Å². The van der Waals surface area contributed by atoms with Crippen LogP contribution in [-0.4, -0.2) is 44.9 Å². The van der Waals surface area contributed by atoms with Crippen molar-refractivity contribution >= 4 is 17.2 Å². The standard InChI is InChI=1S/C17H22N4OS/c22-17-2-1-5-21(17)11-15-9-19(8-14-3-7-23-13-14)12-16-18-4-6-20(16)10-15/h3-4,6-7,13,15H,1-2,5,8-12H2/t15-/m1/s1. The maximum absolute atomic E-state index is 12.0. The molecule has 4 heterocycles. The molecule has 0 aliphatic carbocycles. The van der Waals surface area contributed by atoms with Crippen molar-refractivity contribution in [2.24, 2.45) is 5.92 Å². The number of carbonyl (C=O) groups is 1. The zero-order chi connectivity index (χ0) is 15.6. The lowest BCUT2D eigenvalue weighted by atomic mass is 10.1. The normalized spacial score (nSPS) is 22.3. The number of likely N-dealkylation sites (tertiary alicyclic amines) is 1. The summed E-state index contributed by atoms with van der Waals surface area (Å²) < 4.78 is 2.26.